The van der Waals surface area contributed by atoms with Crippen LogP contribution < -0.4 is 5.32 Å². The molecule has 3 heterocycles. The Morgan fingerprint density at radius 1 is 1.29 bits per heavy atom. The first kappa shape index (κ1) is 13.9. The highest BCUT2D eigenvalue weighted by Gasteiger charge is 2.26. The zero-order chi connectivity index (χ0) is 14.7. The van der Waals surface area contributed by atoms with Gasteiger partial charge < -0.3 is 5.32 Å². The SMILES string of the molecule is CNc1cc(C2CCCN2Cc2ccnc(C)n2)ccn1. The Morgan fingerprint density at radius 2 is 2.14 bits per heavy atom. The standard InChI is InChI=1S/C16H21N5/c1-12-18-8-6-14(20-12)11-21-9-3-4-15(21)13-5-7-19-16(10-13)17-2/h5-8,10,15H,3-4,9,11H2,1-2H3,(H,17,19). The Bertz CT molecular complexity index is 613. The number of nitrogens with one attached hydrogen (secondary N) is 1. The lowest BCUT2D eigenvalue weighted by Gasteiger charge is -2.24. The Hall–Kier alpha value is -2.01. The van der Waals surface area contributed by atoms with Gasteiger partial charge in [-0.25, -0.2) is 15.0 Å². The number of anilines is 1. The summed E-state index contributed by atoms with van der Waals surface area (Å²) in [5, 5.41) is 3.11. The summed E-state index contributed by atoms with van der Waals surface area (Å²) in [6, 6.07) is 6.73. The van der Waals surface area contributed by atoms with Crippen LogP contribution in [0.4, 0.5) is 5.82 Å². The molecule has 5 heteroatoms. The zero-order valence-corrected chi connectivity index (χ0v) is 12.6. The minimum Gasteiger partial charge on any atom is -0.373 e. The normalized spacial score (nSPS) is 18.9. The molecule has 21 heavy (non-hydrogen) atoms. The van der Waals surface area contributed by atoms with Crippen LogP contribution in [0.5, 0.6) is 0 Å². The van der Waals surface area contributed by atoms with Crippen LogP contribution in [0, 0.1) is 6.92 Å². The molecule has 110 valence electrons. The van der Waals surface area contributed by atoms with Gasteiger partial charge in [0.25, 0.3) is 0 Å². The molecule has 2 aromatic heterocycles. The van der Waals surface area contributed by atoms with Crippen LogP contribution in [0.1, 0.15) is 36.0 Å². The summed E-state index contributed by atoms with van der Waals surface area (Å²) in [5.74, 6) is 1.77. The second kappa shape index (κ2) is 6.18. The minimum atomic E-state index is 0.454. The van der Waals surface area contributed by atoms with Gasteiger partial charge in [-0.05, 0) is 50.1 Å². The third-order valence-electron chi connectivity index (χ3n) is 3.99. The van der Waals surface area contributed by atoms with E-state index in [0.717, 1.165) is 30.4 Å². The van der Waals surface area contributed by atoms with Crippen LogP contribution in [-0.4, -0.2) is 33.4 Å². The summed E-state index contributed by atoms with van der Waals surface area (Å²) in [5.41, 5.74) is 2.43. The highest BCUT2D eigenvalue weighted by Crippen LogP contribution is 2.33. The molecule has 0 spiro atoms. The van der Waals surface area contributed by atoms with Crippen LogP contribution in [0.3, 0.4) is 0 Å². The molecule has 1 fully saturated rings. The third kappa shape index (κ3) is 3.19. The third-order valence-corrected chi connectivity index (χ3v) is 3.99. The van der Waals surface area contributed by atoms with Gasteiger partial charge in [0.2, 0.25) is 0 Å². The Morgan fingerprint density at radius 3 is 2.95 bits per heavy atom. The molecule has 1 aliphatic rings. The van der Waals surface area contributed by atoms with Gasteiger partial charge in [0.05, 0.1) is 5.69 Å². The van der Waals surface area contributed by atoms with Gasteiger partial charge in [-0.1, -0.05) is 0 Å². The van der Waals surface area contributed by atoms with Gasteiger partial charge >= 0.3 is 0 Å². The molecule has 1 saturated heterocycles. The summed E-state index contributed by atoms with van der Waals surface area (Å²) in [6.45, 7) is 3.93. The quantitative estimate of drug-likeness (QED) is 0.934. The molecular formula is C16H21N5. The number of likely N-dealkylation sites (tertiary alicyclic amines) is 1. The lowest BCUT2D eigenvalue weighted by molar-refractivity contribution is 0.245. The van der Waals surface area contributed by atoms with Crippen LogP contribution in [0.15, 0.2) is 30.6 Å². The lowest BCUT2D eigenvalue weighted by atomic mass is 10.1. The van der Waals surface area contributed by atoms with Gasteiger partial charge in [-0.3, -0.25) is 4.90 Å². The second-order valence-corrected chi connectivity index (χ2v) is 5.45. The van der Waals surface area contributed by atoms with Crippen molar-refractivity contribution in [3.8, 4) is 0 Å². The van der Waals surface area contributed by atoms with E-state index in [4.69, 9.17) is 0 Å². The summed E-state index contributed by atoms with van der Waals surface area (Å²) in [4.78, 5) is 15.5. The summed E-state index contributed by atoms with van der Waals surface area (Å²) in [7, 11) is 1.90. The van der Waals surface area contributed by atoms with Crippen molar-refractivity contribution in [2.45, 2.75) is 32.4 Å². The average molecular weight is 283 g/mol. The fourth-order valence-electron chi connectivity index (χ4n) is 2.99. The van der Waals surface area contributed by atoms with Crippen molar-refractivity contribution >= 4 is 5.82 Å². The topological polar surface area (TPSA) is 53.9 Å². The first-order chi connectivity index (χ1) is 10.3. The van der Waals surface area contributed by atoms with E-state index in [1.54, 1.807) is 0 Å². The monoisotopic (exact) mass is 283 g/mol. The highest BCUT2D eigenvalue weighted by atomic mass is 15.2. The van der Waals surface area contributed by atoms with Gasteiger partial charge in [0.1, 0.15) is 11.6 Å². The van der Waals surface area contributed by atoms with Crippen molar-refractivity contribution in [1.29, 1.82) is 0 Å². The van der Waals surface area contributed by atoms with Crippen molar-refractivity contribution < 1.29 is 0 Å². The molecule has 0 aromatic carbocycles. The maximum absolute atomic E-state index is 4.52. The first-order valence-corrected chi connectivity index (χ1v) is 7.42. The molecule has 1 atom stereocenters. The van der Waals surface area contributed by atoms with Gasteiger partial charge in [0, 0.05) is 32.0 Å². The van der Waals surface area contributed by atoms with Crippen LogP contribution in [0.25, 0.3) is 0 Å². The Kier molecular flexibility index (Phi) is 4.10. The number of aromatic nitrogens is 3. The largest absolute Gasteiger partial charge is 0.373 e. The van der Waals surface area contributed by atoms with Crippen molar-refractivity contribution in [1.82, 2.24) is 19.9 Å². The number of aryl methyl sites for hydroxylation is 1. The highest BCUT2D eigenvalue weighted by molar-refractivity contribution is 5.38. The molecule has 1 unspecified atom stereocenters. The maximum Gasteiger partial charge on any atom is 0.125 e. The van der Waals surface area contributed by atoms with E-state index in [1.807, 2.05) is 32.4 Å². The average Bonchev–Trinajstić information content (AvgIpc) is 2.95. The fourth-order valence-corrected chi connectivity index (χ4v) is 2.99. The van der Waals surface area contributed by atoms with Gasteiger partial charge in [-0.15, -0.1) is 0 Å². The van der Waals surface area contributed by atoms with Crippen molar-refractivity contribution in [3.05, 3.63) is 47.7 Å². The molecule has 5 nitrogen and oxygen atoms in total. The molecule has 1 aliphatic heterocycles. The van der Waals surface area contributed by atoms with E-state index in [2.05, 4.69) is 37.3 Å². The van der Waals surface area contributed by atoms with Gasteiger partial charge in [0.15, 0.2) is 0 Å². The van der Waals surface area contributed by atoms with E-state index in [0.29, 0.717) is 6.04 Å². The van der Waals surface area contributed by atoms with E-state index in [1.165, 1.54) is 18.4 Å². The zero-order valence-electron chi connectivity index (χ0n) is 12.6. The number of rotatable bonds is 4. The smallest absolute Gasteiger partial charge is 0.125 e. The molecule has 2 aromatic rings. The summed E-state index contributed by atoms with van der Waals surface area (Å²) >= 11 is 0. The van der Waals surface area contributed by atoms with Crippen LogP contribution >= 0.6 is 0 Å². The molecule has 0 bridgehead atoms. The molecule has 1 N–H and O–H groups in total. The van der Waals surface area contributed by atoms with Crippen molar-refractivity contribution in [3.63, 3.8) is 0 Å². The summed E-state index contributed by atoms with van der Waals surface area (Å²) < 4.78 is 0. The molecule has 0 amide bonds. The number of nitrogens with zero attached hydrogens (tertiary/aromatic N) is 4. The lowest BCUT2D eigenvalue weighted by Crippen LogP contribution is -2.23. The Balaban J connectivity index is 1.78. The molecular weight excluding hydrogens is 262 g/mol. The minimum absolute atomic E-state index is 0.454. The van der Waals surface area contributed by atoms with Crippen LogP contribution in [0.2, 0.25) is 0 Å². The van der Waals surface area contributed by atoms with E-state index < -0.39 is 0 Å². The van der Waals surface area contributed by atoms with E-state index >= 15 is 0 Å². The van der Waals surface area contributed by atoms with Gasteiger partial charge in [-0.2, -0.15) is 0 Å². The number of hydrogen-bond donors (Lipinski definition) is 1. The molecule has 0 radical (unpaired) electrons. The molecule has 3 rings (SSSR count). The molecule has 0 saturated carbocycles. The van der Waals surface area contributed by atoms with Crippen molar-refractivity contribution in [2.75, 3.05) is 18.9 Å². The van der Waals surface area contributed by atoms with E-state index in [9.17, 15) is 0 Å². The Labute approximate surface area is 125 Å². The van der Waals surface area contributed by atoms with E-state index in [-0.39, 0.29) is 0 Å². The molecule has 0 aliphatic carbocycles. The second-order valence-electron chi connectivity index (χ2n) is 5.45. The summed E-state index contributed by atoms with van der Waals surface area (Å²) in [6.07, 6.45) is 6.14. The fraction of sp³-hybridized carbons (Fsp3) is 0.438. The predicted octanol–water partition coefficient (Wildman–Crippen LogP) is 2.56. The predicted molar refractivity (Wildman–Crippen MR) is 82.9 cm³/mol. The number of hydrogen-bond acceptors (Lipinski definition) is 5. The number of pyridine rings is 1. The van der Waals surface area contributed by atoms with Crippen LogP contribution in [-0.2, 0) is 6.54 Å². The maximum atomic E-state index is 4.52. The van der Waals surface area contributed by atoms with Crippen molar-refractivity contribution in [2.24, 2.45) is 0 Å². The first-order valence-electron chi connectivity index (χ1n) is 7.42.